The highest BCUT2D eigenvalue weighted by molar-refractivity contribution is 6.33. The van der Waals surface area contributed by atoms with E-state index in [0.29, 0.717) is 0 Å². The van der Waals surface area contributed by atoms with Crippen molar-refractivity contribution in [2.45, 2.75) is 24.4 Å². The van der Waals surface area contributed by atoms with Gasteiger partial charge in [0.2, 0.25) is 0 Å². The van der Waals surface area contributed by atoms with Gasteiger partial charge in [0.25, 0.3) is 5.78 Å². The summed E-state index contributed by atoms with van der Waals surface area (Å²) in [4.78, 5) is 31.8. The van der Waals surface area contributed by atoms with Crippen LogP contribution in [0.3, 0.4) is 0 Å². The summed E-state index contributed by atoms with van der Waals surface area (Å²) < 4.78 is 4.08. The molecule has 0 spiro atoms. The number of ketones is 1. The van der Waals surface area contributed by atoms with Crippen molar-refractivity contribution in [3.05, 3.63) is 0 Å². The van der Waals surface area contributed by atoms with E-state index in [-0.39, 0.29) is 0 Å². The summed E-state index contributed by atoms with van der Waals surface area (Å²) in [6.45, 7) is -2.09. The second-order valence-electron chi connectivity index (χ2n) is 3.51. The fraction of sp³-hybridized carbons (Fsp3) is 0.667. The lowest BCUT2D eigenvalue weighted by atomic mass is 10.0. The zero-order valence-corrected chi connectivity index (χ0v) is 9.54. The highest BCUT2D eigenvalue weighted by Gasteiger charge is 2.35. The average molecular weight is 282 g/mol. The normalized spacial score (nSPS) is 17.1. The number of hydrogen-bond acceptors (Lipinski definition) is 9. The van der Waals surface area contributed by atoms with Crippen molar-refractivity contribution in [2.75, 3.05) is 13.2 Å². The molecule has 110 valence electrons. The standard InChI is InChI=1S/C9H14O10/c10-1-3(11)5(13)6(14)7(15)9(18)19-2-4(12)8(16)17/h3,5-7,10-11,13-15H,1-2H2,(H,16,17)/t3-,5-,6+,7-/m1/s1. The minimum atomic E-state index is -2.32. The molecule has 0 aromatic heterocycles. The number of ether oxygens (including phenoxy) is 1. The van der Waals surface area contributed by atoms with Crippen LogP contribution in [0, 0.1) is 0 Å². The molecular formula is C9H14O10. The molecule has 0 heterocycles. The number of carboxylic acids is 1. The number of hydrogen-bond donors (Lipinski definition) is 6. The number of Topliss-reactive ketones (excluding diaryl/α,β-unsaturated/α-hetero) is 1. The number of rotatable bonds is 8. The summed E-state index contributed by atoms with van der Waals surface area (Å²) in [6.07, 6.45) is -8.35. The van der Waals surface area contributed by atoms with E-state index in [4.69, 9.17) is 15.3 Å². The molecule has 0 rings (SSSR count). The van der Waals surface area contributed by atoms with Gasteiger partial charge in [-0.2, -0.15) is 0 Å². The smallest absolute Gasteiger partial charge is 0.375 e. The Hall–Kier alpha value is -1.59. The molecule has 10 nitrogen and oxygen atoms in total. The van der Waals surface area contributed by atoms with Crippen LogP contribution in [0.4, 0.5) is 0 Å². The largest absolute Gasteiger partial charge is 0.475 e. The lowest BCUT2D eigenvalue weighted by Gasteiger charge is -2.24. The van der Waals surface area contributed by atoms with Gasteiger partial charge in [0, 0.05) is 0 Å². The minimum absolute atomic E-state index is 0.933. The van der Waals surface area contributed by atoms with Crippen molar-refractivity contribution < 1.29 is 49.8 Å². The van der Waals surface area contributed by atoms with Gasteiger partial charge in [-0.3, -0.25) is 4.79 Å². The van der Waals surface area contributed by atoms with Crippen molar-refractivity contribution in [1.82, 2.24) is 0 Å². The molecule has 0 unspecified atom stereocenters. The molecule has 0 saturated carbocycles. The quantitative estimate of drug-likeness (QED) is 0.188. The van der Waals surface area contributed by atoms with Crippen molar-refractivity contribution in [2.24, 2.45) is 0 Å². The predicted octanol–water partition coefficient (Wildman–Crippen LogP) is -4.38. The van der Waals surface area contributed by atoms with Gasteiger partial charge in [0.05, 0.1) is 6.61 Å². The van der Waals surface area contributed by atoms with Gasteiger partial charge in [-0.25, -0.2) is 9.59 Å². The highest BCUT2D eigenvalue weighted by Crippen LogP contribution is 2.06. The Balaban J connectivity index is 4.40. The molecule has 0 aliphatic carbocycles. The summed E-state index contributed by atoms with van der Waals surface area (Å²) in [5.41, 5.74) is 0. The Bertz CT molecular complexity index is 340. The van der Waals surface area contributed by atoms with Crippen molar-refractivity contribution in [1.29, 1.82) is 0 Å². The monoisotopic (exact) mass is 282 g/mol. The van der Waals surface area contributed by atoms with Crippen LogP contribution in [-0.2, 0) is 19.1 Å². The maximum atomic E-state index is 11.1. The Kier molecular flexibility index (Phi) is 7.11. The number of aliphatic hydroxyl groups is 5. The van der Waals surface area contributed by atoms with Crippen molar-refractivity contribution >= 4 is 17.7 Å². The second kappa shape index (κ2) is 7.76. The molecule has 19 heavy (non-hydrogen) atoms. The topological polar surface area (TPSA) is 182 Å². The van der Waals surface area contributed by atoms with Gasteiger partial charge >= 0.3 is 11.9 Å². The van der Waals surface area contributed by atoms with Crippen LogP contribution in [0.1, 0.15) is 0 Å². The summed E-state index contributed by atoms with van der Waals surface area (Å²) in [6, 6.07) is 0. The minimum Gasteiger partial charge on any atom is -0.475 e. The predicted molar refractivity (Wildman–Crippen MR) is 54.7 cm³/mol. The Morgan fingerprint density at radius 3 is 1.95 bits per heavy atom. The third-order valence-electron chi connectivity index (χ3n) is 2.08. The number of aliphatic carboxylic acids is 1. The Morgan fingerprint density at radius 1 is 1.00 bits per heavy atom. The van der Waals surface area contributed by atoms with Crippen molar-refractivity contribution in [3.63, 3.8) is 0 Å². The van der Waals surface area contributed by atoms with E-state index in [1.54, 1.807) is 0 Å². The van der Waals surface area contributed by atoms with E-state index in [0.717, 1.165) is 0 Å². The van der Waals surface area contributed by atoms with E-state index >= 15 is 0 Å². The summed E-state index contributed by atoms with van der Waals surface area (Å²) in [5, 5.41) is 53.3. The molecule has 0 fully saturated rings. The van der Waals surface area contributed by atoms with Gasteiger partial charge in [0.1, 0.15) is 18.3 Å². The van der Waals surface area contributed by atoms with Crippen LogP contribution < -0.4 is 0 Å². The number of carbonyl (C=O) groups excluding carboxylic acids is 2. The van der Waals surface area contributed by atoms with Crippen LogP contribution in [0.15, 0.2) is 0 Å². The SMILES string of the molecule is O=C(O)C(=O)COC(=O)[C@H](O)[C@@H](O)[C@H](O)[C@H](O)CO. The van der Waals surface area contributed by atoms with Gasteiger partial charge in [-0.15, -0.1) is 0 Å². The van der Waals surface area contributed by atoms with Crippen LogP contribution >= 0.6 is 0 Å². The number of carbonyl (C=O) groups is 3. The van der Waals surface area contributed by atoms with E-state index in [1.165, 1.54) is 0 Å². The molecule has 0 saturated heterocycles. The highest BCUT2D eigenvalue weighted by atomic mass is 16.6. The first-order valence-corrected chi connectivity index (χ1v) is 4.98. The first kappa shape index (κ1) is 17.4. The molecule has 10 heteroatoms. The molecule has 0 aromatic carbocycles. The fourth-order valence-corrected chi connectivity index (χ4v) is 0.946. The van der Waals surface area contributed by atoms with Crippen LogP contribution in [-0.4, -0.2) is 86.0 Å². The lowest BCUT2D eigenvalue weighted by Crippen LogP contribution is -2.49. The molecule has 0 radical (unpaired) electrons. The van der Waals surface area contributed by atoms with Gasteiger partial charge in [0.15, 0.2) is 12.7 Å². The fourth-order valence-electron chi connectivity index (χ4n) is 0.946. The molecule has 0 aliphatic rings. The van der Waals surface area contributed by atoms with Gasteiger partial charge < -0.3 is 35.4 Å². The molecule has 4 atom stereocenters. The van der Waals surface area contributed by atoms with Crippen LogP contribution in [0.2, 0.25) is 0 Å². The van der Waals surface area contributed by atoms with Gasteiger partial charge in [-0.05, 0) is 0 Å². The molecule has 0 aromatic rings. The van der Waals surface area contributed by atoms with Crippen LogP contribution in [0.5, 0.6) is 0 Å². The zero-order chi connectivity index (χ0) is 15.2. The molecule has 0 bridgehead atoms. The van der Waals surface area contributed by atoms with E-state index in [1.807, 2.05) is 0 Å². The summed E-state index contributed by atoms with van der Waals surface area (Å²) in [5.74, 6) is -4.86. The van der Waals surface area contributed by atoms with Crippen molar-refractivity contribution in [3.8, 4) is 0 Å². The molecular weight excluding hydrogens is 268 g/mol. The third-order valence-corrected chi connectivity index (χ3v) is 2.08. The maximum absolute atomic E-state index is 11.1. The van der Waals surface area contributed by atoms with E-state index in [9.17, 15) is 29.7 Å². The average Bonchev–Trinajstić information content (AvgIpc) is 2.40. The first-order chi connectivity index (χ1) is 8.72. The Labute approximate surface area is 106 Å². The lowest BCUT2D eigenvalue weighted by molar-refractivity contribution is -0.172. The first-order valence-electron chi connectivity index (χ1n) is 4.98. The summed E-state index contributed by atoms with van der Waals surface area (Å²) in [7, 11) is 0. The molecule has 0 amide bonds. The number of esters is 1. The van der Waals surface area contributed by atoms with Gasteiger partial charge in [-0.1, -0.05) is 0 Å². The molecule has 0 aliphatic heterocycles. The molecule has 6 N–H and O–H groups in total. The Morgan fingerprint density at radius 2 is 1.53 bits per heavy atom. The van der Waals surface area contributed by atoms with E-state index < -0.39 is 55.4 Å². The van der Waals surface area contributed by atoms with Crippen LogP contribution in [0.25, 0.3) is 0 Å². The zero-order valence-electron chi connectivity index (χ0n) is 9.54. The number of aliphatic hydroxyl groups excluding tert-OH is 5. The van der Waals surface area contributed by atoms with E-state index in [2.05, 4.69) is 4.74 Å². The third kappa shape index (κ3) is 5.28. The number of carboxylic acid groups (broad SMARTS) is 1. The summed E-state index contributed by atoms with van der Waals surface area (Å²) >= 11 is 0. The second-order valence-corrected chi connectivity index (χ2v) is 3.51. The maximum Gasteiger partial charge on any atom is 0.375 e.